The van der Waals surface area contributed by atoms with Crippen molar-refractivity contribution in [1.82, 2.24) is 24.8 Å². The third-order valence-corrected chi connectivity index (χ3v) is 5.57. The molecule has 3 aliphatic heterocycles. The predicted molar refractivity (Wildman–Crippen MR) is 110 cm³/mol. The van der Waals surface area contributed by atoms with E-state index >= 15 is 0 Å². The maximum absolute atomic E-state index is 12.5. The lowest BCUT2D eigenvalue weighted by Gasteiger charge is -2.34. The number of amides is 1. The molecule has 1 saturated heterocycles. The van der Waals surface area contributed by atoms with Crippen molar-refractivity contribution in [1.29, 1.82) is 0 Å². The third-order valence-electron chi connectivity index (χ3n) is 5.57. The molecular formula is C21H24N6O2. The van der Waals surface area contributed by atoms with Crippen LogP contribution in [0.15, 0.2) is 36.8 Å². The quantitative estimate of drug-likeness (QED) is 0.611. The van der Waals surface area contributed by atoms with Crippen molar-refractivity contribution < 1.29 is 9.53 Å². The van der Waals surface area contributed by atoms with E-state index in [1.165, 1.54) is 0 Å². The molecule has 0 radical (unpaired) electrons. The van der Waals surface area contributed by atoms with Gasteiger partial charge < -0.3 is 19.9 Å². The third kappa shape index (κ3) is 3.75. The van der Waals surface area contributed by atoms with Crippen LogP contribution in [0.4, 0.5) is 11.5 Å². The Morgan fingerprint density at radius 1 is 1.10 bits per heavy atom. The van der Waals surface area contributed by atoms with E-state index in [0.717, 1.165) is 66.6 Å². The highest BCUT2D eigenvalue weighted by Crippen LogP contribution is 2.28. The van der Waals surface area contributed by atoms with E-state index in [1.807, 2.05) is 35.4 Å². The smallest absolute Gasteiger partial charge is 0.222 e. The fraction of sp³-hybridized carbons (Fsp3) is 0.381. The summed E-state index contributed by atoms with van der Waals surface area (Å²) in [6.45, 7) is 4.59. The molecule has 2 N–H and O–H groups in total. The number of aromatic nitrogens is 3. The largest absolute Gasteiger partial charge is 0.494 e. The molecule has 0 spiro atoms. The number of nitrogens with zero attached hydrogens (tertiary/aromatic N) is 4. The first kappa shape index (κ1) is 17.9. The minimum atomic E-state index is 0.218. The highest BCUT2D eigenvalue weighted by Gasteiger charge is 2.22. The van der Waals surface area contributed by atoms with Crippen LogP contribution in [0.1, 0.15) is 18.4 Å². The number of carbonyl (C=O) groups is 1. The summed E-state index contributed by atoms with van der Waals surface area (Å²) in [6.07, 6.45) is 4.82. The highest BCUT2D eigenvalue weighted by molar-refractivity contribution is 5.92. The van der Waals surface area contributed by atoms with Gasteiger partial charge in [-0.15, -0.1) is 0 Å². The maximum Gasteiger partial charge on any atom is 0.222 e. The molecule has 8 heteroatoms. The Bertz CT molecular complexity index is 1020. The Hall–Kier alpha value is -3.13. The number of fused-ring (bicyclic) bond motifs is 6. The number of rotatable bonds is 0. The lowest BCUT2D eigenvalue weighted by molar-refractivity contribution is -0.133. The van der Waals surface area contributed by atoms with Crippen molar-refractivity contribution in [2.45, 2.75) is 19.4 Å². The van der Waals surface area contributed by atoms with Gasteiger partial charge in [0.1, 0.15) is 23.5 Å². The van der Waals surface area contributed by atoms with E-state index in [-0.39, 0.29) is 5.91 Å². The monoisotopic (exact) mass is 392 g/mol. The summed E-state index contributed by atoms with van der Waals surface area (Å²) in [6, 6.07) is 7.82. The molecular weight excluding hydrogens is 368 g/mol. The van der Waals surface area contributed by atoms with Crippen LogP contribution < -0.4 is 10.1 Å². The van der Waals surface area contributed by atoms with Crippen LogP contribution in [0.3, 0.4) is 0 Å². The number of aromatic amines is 1. The normalized spacial score (nSPS) is 18.3. The average molecular weight is 392 g/mol. The molecule has 4 bridgehead atoms. The Kier molecular flexibility index (Phi) is 4.77. The number of benzene rings is 1. The summed E-state index contributed by atoms with van der Waals surface area (Å²) in [4.78, 5) is 29.0. The summed E-state index contributed by atoms with van der Waals surface area (Å²) in [5.74, 6) is 1.77. The number of hydrogen-bond acceptors (Lipinski definition) is 6. The van der Waals surface area contributed by atoms with Gasteiger partial charge in [0.05, 0.1) is 12.0 Å². The van der Waals surface area contributed by atoms with Gasteiger partial charge in [0.25, 0.3) is 0 Å². The van der Waals surface area contributed by atoms with Gasteiger partial charge in [-0.05, 0) is 24.1 Å². The van der Waals surface area contributed by atoms with Gasteiger partial charge in [-0.1, -0.05) is 6.07 Å². The Morgan fingerprint density at radius 2 is 2.00 bits per heavy atom. The Balaban J connectivity index is 1.51. The van der Waals surface area contributed by atoms with Crippen molar-refractivity contribution in [2.24, 2.45) is 0 Å². The molecule has 1 fully saturated rings. The first-order valence-corrected chi connectivity index (χ1v) is 10.1. The van der Waals surface area contributed by atoms with E-state index in [0.29, 0.717) is 19.4 Å². The minimum Gasteiger partial charge on any atom is -0.494 e. The first-order chi connectivity index (χ1) is 14.3. The van der Waals surface area contributed by atoms with E-state index < -0.39 is 0 Å². The van der Waals surface area contributed by atoms with E-state index in [2.05, 4.69) is 25.2 Å². The van der Waals surface area contributed by atoms with Crippen LogP contribution >= 0.6 is 0 Å². The molecule has 2 aromatic heterocycles. The summed E-state index contributed by atoms with van der Waals surface area (Å²) < 4.78 is 5.87. The second kappa shape index (κ2) is 7.71. The van der Waals surface area contributed by atoms with E-state index in [9.17, 15) is 4.79 Å². The molecule has 8 nitrogen and oxygen atoms in total. The molecule has 1 amide bonds. The van der Waals surface area contributed by atoms with Crippen LogP contribution in [-0.2, 0) is 11.3 Å². The van der Waals surface area contributed by atoms with E-state index in [1.54, 1.807) is 6.33 Å². The average Bonchev–Trinajstić information content (AvgIpc) is 3.15. The number of piperazine rings is 1. The van der Waals surface area contributed by atoms with Crippen LogP contribution in [0.2, 0.25) is 0 Å². The SMILES string of the molecule is O=C1CCCOc2cccc(c2)Nc2ncnc3[nH]cc(c23)CN2CCN1CC2. The maximum atomic E-state index is 12.5. The molecule has 29 heavy (non-hydrogen) atoms. The first-order valence-electron chi connectivity index (χ1n) is 10.1. The zero-order valence-corrected chi connectivity index (χ0v) is 16.2. The molecule has 150 valence electrons. The van der Waals surface area contributed by atoms with E-state index in [4.69, 9.17) is 4.74 Å². The summed E-state index contributed by atoms with van der Waals surface area (Å²) in [7, 11) is 0. The van der Waals surface area contributed by atoms with Gasteiger partial charge >= 0.3 is 0 Å². The number of carbonyl (C=O) groups excluding carboxylic acids is 1. The van der Waals surface area contributed by atoms with Crippen LogP contribution in [0, 0.1) is 0 Å². The van der Waals surface area contributed by atoms with Crippen LogP contribution in [0.5, 0.6) is 5.75 Å². The second-order valence-electron chi connectivity index (χ2n) is 7.52. The van der Waals surface area contributed by atoms with Crippen molar-refractivity contribution in [3.63, 3.8) is 0 Å². The standard InChI is InChI=1S/C21H24N6O2/c28-18-5-2-10-29-17-4-1-3-16(11-17)25-21-19-15(12-22-20(19)23-14-24-21)13-26-6-8-27(18)9-7-26/h1,3-4,11-12,14H,2,5-10,13H2,(H2,22,23,24,25). The molecule has 5 heterocycles. The predicted octanol–water partition coefficient (Wildman–Crippen LogP) is 2.52. The van der Waals surface area contributed by atoms with Gasteiger partial charge in [0.2, 0.25) is 5.91 Å². The molecule has 3 aromatic rings. The zero-order chi connectivity index (χ0) is 19.6. The van der Waals surface area contributed by atoms with Crippen molar-refractivity contribution >= 4 is 28.4 Å². The van der Waals surface area contributed by atoms with Crippen molar-refractivity contribution in [2.75, 3.05) is 38.1 Å². The molecule has 0 saturated carbocycles. The minimum absolute atomic E-state index is 0.218. The number of H-pyrrole nitrogens is 1. The molecule has 6 rings (SSSR count). The fourth-order valence-electron chi connectivity index (χ4n) is 4.01. The van der Waals surface area contributed by atoms with Crippen molar-refractivity contribution in [3.05, 3.63) is 42.4 Å². The number of anilines is 2. The van der Waals surface area contributed by atoms with Crippen LogP contribution in [0.25, 0.3) is 11.0 Å². The van der Waals surface area contributed by atoms with Gasteiger partial charge in [-0.3, -0.25) is 9.69 Å². The lowest BCUT2D eigenvalue weighted by Crippen LogP contribution is -2.48. The highest BCUT2D eigenvalue weighted by atomic mass is 16.5. The summed E-state index contributed by atoms with van der Waals surface area (Å²) in [5.41, 5.74) is 2.87. The number of hydrogen-bond donors (Lipinski definition) is 2. The fourth-order valence-corrected chi connectivity index (χ4v) is 4.01. The molecule has 0 unspecified atom stereocenters. The Morgan fingerprint density at radius 3 is 2.90 bits per heavy atom. The zero-order valence-electron chi connectivity index (χ0n) is 16.2. The topological polar surface area (TPSA) is 86.4 Å². The number of nitrogens with one attached hydrogen (secondary N) is 2. The number of ether oxygens (including phenoxy) is 1. The van der Waals surface area contributed by atoms with Gasteiger partial charge in [-0.2, -0.15) is 0 Å². The lowest BCUT2D eigenvalue weighted by atomic mass is 10.2. The Labute approximate surface area is 168 Å². The van der Waals surface area contributed by atoms with Gasteiger partial charge in [0, 0.05) is 57.1 Å². The molecule has 0 atom stereocenters. The molecule has 0 aliphatic carbocycles. The van der Waals surface area contributed by atoms with Crippen molar-refractivity contribution in [3.8, 4) is 5.75 Å². The molecule has 3 aliphatic rings. The summed E-state index contributed by atoms with van der Waals surface area (Å²) >= 11 is 0. The van der Waals surface area contributed by atoms with Crippen LogP contribution in [-0.4, -0.2) is 63.4 Å². The van der Waals surface area contributed by atoms with Gasteiger partial charge in [-0.25, -0.2) is 9.97 Å². The second-order valence-corrected chi connectivity index (χ2v) is 7.52. The molecule has 1 aromatic carbocycles. The van der Waals surface area contributed by atoms with Gasteiger partial charge in [0.15, 0.2) is 0 Å². The summed E-state index contributed by atoms with van der Waals surface area (Å²) in [5, 5.41) is 4.43.